The third kappa shape index (κ3) is 2.49. The van der Waals surface area contributed by atoms with E-state index >= 15 is 0 Å². The zero-order valence-electron chi connectivity index (χ0n) is 10.9. The van der Waals surface area contributed by atoms with Gasteiger partial charge >= 0.3 is 0 Å². The molecular weight excluding hydrogens is 276 g/mol. The van der Waals surface area contributed by atoms with Gasteiger partial charge in [-0.2, -0.15) is 0 Å². The summed E-state index contributed by atoms with van der Waals surface area (Å²) < 4.78 is 0. The molecule has 1 aliphatic carbocycles. The van der Waals surface area contributed by atoms with E-state index in [-0.39, 0.29) is 17.6 Å². The van der Waals surface area contributed by atoms with Gasteiger partial charge in [-0.1, -0.05) is 29.8 Å². The first-order valence-corrected chi connectivity index (χ1v) is 7.01. The molecule has 2 N–H and O–H groups in total. The average Bonchev–Trinajstić information content (AvgIpc) is 2.41. The lowest BCUT2D eigenvalue weighted by atomic mass is 9.80. The zero-order valence-corrected chi connectivity index (χ0v) is 11.7. The molecule has 0 radical (unpaired) electrons. The molecule has 1 amide bonds. The molecule has 1 aromatic heterocycles. The highest BCUT2D eigenvalue weighted by molar-refractivity contribution is 6.30. The number of nitrogens with one attached hydrogen (secondary N) is 1. The lowest BCUT2D eigenvalue weighted by Gasteiger charge is -2.36. The standard InChI is InChI=1S/C15H15ClN2O2/c16-13-8-11(10-4-1-2-5-12(10)18-13)14(19)17-9-15(20)6-3-7-15/h1-2,4-5,8,20H,3,6-7,9H2,(H,17,19). The number of nitrogens with zero attached hydrogens (tertiary/aromatic N) is 1. The summed E-state index contributed by atoms with van der Waals surface area (Å²) >= 11 is 5.96. The van der Waals surface area contributed by atoms with Crippen molar-refractivity contribution < 1.29 is 9.90 Å². The van der Waals surface area contributed by atoms with E-state index in [2.05, 4.69) is 10.3 Å². The summed E-state index contributed by atoms with van der Waals surface area (Å²) in [4.78, 5) is 16.5. The molecular formula is C15H15ClN2O2. The van der Waals surface area contributed by atoms with Crippen LogP contribution < -0.4 is 5.32 Å². The van der Waals surface area contributed by atoms with Gasteiger partial charge in [0, 0.05) is 11.9 Å². The number of halogens is 1. The Morgan fingerprint density at radius 3 is 2.85 bits per heavy atom. The fourth-order valence-electron chi connectivity index (χ4n) is 2.43. The molecule has 0 saturated heterocycles. The molecule has 1 aromatic carbocycles. The maximum atomic E-state index is 12.3. The van der Waals surface area contributed by atoms with Crippen molar-refractivity contribution in [2.24, 2.45) is 0 Å². The Morgan fingerprint density at radius 1 is 1.40 bits per heavy atom. The number of hydrogen-bond acceptors (Lipinski definition) is 3. The van der Waals surface area contributed by atoms with Gasteiger partial charge < -0.3 is 10.4 Å². The average molecular weight is 291 g/mol. The molecule has 2 aromatic rings. The Labute approximate surface area is 121 Å². The summed E-state index contributed by atoms with van der Waals surface area (Å²) in [5, 5.41) is 13.9. The quantitative estimate of drug-likeness (QED) is 0.854. The van der Waals surface area contributed by atoms with Crippen LogP contribution in [-0.2, 0) is 0 Å². The normalized spacial score (nSPS) is 16.7. The van der Waals surface area contributed by atoms with Crippen LogP contribution in [0.3, 0.4) is 0 Å². The second-order valence-electron chi connectivity index (χ2n) is 5.27. The maximum absolute atomic E-state index is 12.3. The van der Waals surface area contributed by atoms with E-state index < -0.39 is 5.60 Å². The number of aromatic nitrogens is 1. The molecule has 1 fully saturated rings. The van der Waals surface area contributed by atoms with Crippen LogP contribution in [0.15, 0.2) is 30.3 Å². The van der Waals surface area contributed by atoms with Gasteiger partial charge in [0.05, 0.1) is 16.7 Å². The molecule has 1 saturated carbocycles. The lowest BCUT2D eigenvalue weighted by Crippen LogP contribution is -2.47. The number of amides is 1. The van der Waals surface area contributed by atoms with E-state index in [0.29, 0.717) is 11.1 Å². The topological polar surface area (TPSA) is 62.2 Å². The molecule has 0 spiro atoms. The Kier molecular flexibility index (Phi) is 3.36. The number of carbonyl (C=O) groups is 1. The Bertz CT molecular complexity index is 668. The van der Waals surface area contributed by atoms with Crippen LogP contribution in [0, 0.1) is 0 Å². The van der Waals surface area contributed by atoms with Crippen LogP contribution in [0.25, 0.3) is 10.9 Å². The van der Waals surface area contributed by atoms with Crippen LogP contribution in [0.5, 0.6) is 0 Å². The van der Waals surface area contributed by atoms with Gasteiger partial charge in [0.15, 0.2) is 0 Å². The summed E-state index contributed by atoms with van der Waals surface area (Å²) in [7, 11) is 0. The molecule has 4 nitrogen and oxygen atoms in total. The van der Waals surface area contributed by atoms with Gasteiger partial charge in [-0.25, -0.2) is 4.98 Å². The summed E-state index contributed by atoms with van der Waals surface area (Å²) in [6, 6.07) is 8.92. The van der Waals surface area contributed by atoms with E-state index in [4.69, 9.17) is 11.6 Å². The predicted molar refractivity (Wildman–Crippen MR) is 77.9 cm³/mol. The maximum Gasteiger partial charge on any atom is 0.252 e. The second kappa shape index (κ2) is 5.04. The van der Waals surface area contributed by atoms with Crippen molar-refractivity contribution in [3.05, 3.63) is 41.0 Å². The van der Waals surface area contributed by atoms with E-state index in [1.54, 1.807) is 6.07 Å². The number of rotatable bonds is 3. The molecule has 0 unspecified atom stereocenters. The van der Waals surface area contributed by atoms with Crippen molar-refractivity contribution in [2.45, 2.75) is 24.9 Å². The smallest absolute Gasteiger partial charge is 0.252 e. The minimum absolute atomic E-state index is 0.231. The first-order valence-electron chi connectivity index (χ1n) is 6.63. The summed E-state index contributed by atoms with van der Waals surface area (Å²) in [5.41, 5.74) is 0.443. The van der Waals surface area contributed by atoms with Gasteiger partial charge in [0.2, 0.25) is 0 Å². The summed E-state index contributed by atoms with van der Waals surface area (Å²) in [6.07, 6.45) is 2.49. The number of carbonyl (C=O) groups excluding carboxylic acids is 1. The monoisotopic (exact) mass is 290 g/mol. The molecule has 5 heteroatoms. The van der Waals surface area contributed by atoms with E-state index in [9.17, 15) is 9.90 Å². The molecule has 0 bridgehead atoms. The molecule has 104 valence electrons. The van der Waals surface area contributed by atoms with Gasteiger partial charge in [-0.05, 0) is 31.4 Å². The highest BCUT2D eigenvalue weighted by Gasteiger charge is 2.34. The summed E-state index contributed by atoms with van der Waals surface area (Å²) in [5.74, 6) is -0.231. The Balaban J connectivity index is 1.87. The van der Waals surface area contributed by atoms with Crippen molar-refractivity contribution >= 4 is 28.4 Å². The van der Waals surface area contributed by atoms with E-state index in [1.807, 2.05) is 24.3 Å². The van der Waals surface area contributed by atoms with Gasteiger partial charge in [0.1, 0.15) is 5.15 Å². The van der Waals surface area contributed by atoms with Crippen LogP contribution in [0.4, 0.5) is 0 Å². The number of fused-ring (bicyclic) bond motifs is 1. The second-order valence-corrected chi connectivity index (χ2v) is 5.66. The van der Waals surface area contributed by atoms with Crippen LogP contribution in [0.1, 0.15) is 29.6 Å². The number of benzene rings is 1. The Hall–Kier alpha value is -1.65. The largest absolute Gasteiger partial charge is 0.388 e. The van der Waals surface area contributed by atoms with E-state index in [1.165, 1.54) is 0 Å². The van der Waals surface area contributed by atoms with Crippen molar-refractivity contribution in [3.8, 4) is 0 Å². The fraction of sp³-hybridized carbons (Fsp3) is 0.333. The highest BCUT2D eigenvalue weighted by Crippen LogP contribution is 2.30. The lowest BCUT2D eigenvalue weighted by molar-refractivity contribution is -0.0300. The number of hydrogen-bond donors (Lipinski definition) is 2. The van der Waals surface area contributed by atoms with Crippen molar-refractivity contribution in [1.29, 1.82) is 0 Å². The van der Waals surface area contributed by atoms with Gasteiger partial charge in [-0.3, -0.25) is 4.79 Å². The van der Waals surface area contributed by atoms with Crippen LogP contribution >= 0.6 is 11.6 Å². The first-order chi connectivity index (χ1) is 9.57. The molecule has 3 rings (SSSR count). The van der Waals surface area contributed by atoms with Crippen LogP contribution in [0.2, 0.25) is 5.15 Å². The highest BCUT2D eigenvalue weighted by atomic mass is 35.5. The van der Waals surface area contributed by atoms with Crippen molar-refractivity contribution in [3.63, 3.8) is 0 Å². The molecule has 1 heterocycles. The SMILES string of the molecule is O=C(NCC1(O)CCC1)c1cc(Cl)nc2ccccc12. The first kappa shape index (κ1) is 13.3. The zero-order chi connectivity index (χ0) is 14.2. The summed E-state index contributed by atoms with van der Waals surface area (Å²) in [6.45, 7) is 0.278. The van der Waals surface area contributed by atoms with Crippen molar-refractivity contribution in [1.82, 2.24) is 10.3 Å². The minimum atomic E-state index is -0.734. The third-order valence-electron chi connectivity index (χ3n) is 3.79. The molecule has 0 atom stereocenters. The van der Waals surface area contributed by atoms with Crippen LogP contribution in [-0.4, -0.2) is 28.1 Å². The van der Waals surface area contributed by atoms with Gasteiger partial charge in [0.25, 0.3) is 5.91 Å². The van der Waals surface area contributed by atoms with Gasteiger partial charge in [-0.15, -0.1) is 0 Å². The minimum Gasteiger partial charge on any atom is -0.388 e. The number of aliphatic hydroxyl groups is 1. The van der Waals surface area contributed by atoms with Crippen molar-refractivity contribution in [2.75, 3.05) is 6.54 Å². The molecule has 1 aliphatic rings. The third-order valence-corrected chi connectivity index (χ3v) is 3.99. The Morgan fingerprint density at radius 2 is 2.15 bits per heavy atom. The van der Waals surface area contributed by atoms with E-state index in [0.717, 1.165) is 24.6 Å². The predicted octanol–water partition coefficient (Wildman–Crippen LogP) is 2.53. The fourth-order valence-corrected chi connectivity index (χ4v) is 2.63. The number of para-hydroxylation sites is 1. The molecule has 0 aliphatic heterocycles. The number of pyridine rings is 1. The molecule has 20 heavy (non-hydrogen) atoms.